The van der Waals surface area contributed by atoms with Crippen molar-refractivity contribution >= 4 is 38.5 Å². The van der Waals surface area contributed by atoms with E-state index in [9.17, 15) is 0 Å². The van der Waals surface area contributed by atoms with Gasteiger partial charge in [0.2, 0.25) is 0 Å². The van der Waals surface area contributed by atoms with Crippen LogP contribution in [0.25, 0.3) is 83.4 Å². The van der Waals surface area contributed by atoms with E-state index in [0.717, 1.165) is 104 Å². The van der Waals surface area contributed by atoms with Crippen LogP contribution in [0.5, 0.6) is 11.5 Å². The number of rotatable bonds is 9. The van der Waals surface area contributed by atoms with Gasteiger partial charge in [-0.1, -0.05) is 18.2 Å². The minimum atomic E-state index is 0.732. The predicted molar refractivity (Wildman–Crippen MR) is 253 cm³/mol. The van der Waals surface area contributed by atoms with Gasteiger partial charge >= 0.3 is 294 Å². The number of para-hydroxylation sites is 4. The van der Waals surface area contributed by atoms with Crippen molar-refractivity contribution in [2.45, 2.75) is 0 Å². The molecule has 0 radical (unpaired) electrons. The number of imidazole rings is 1. The fourth-order valence-corrected chi connectivity index (χ4v) is 9.90. The average molecular weight is 996 g/mol. The summed E-state index contributed by atoms with van der Waals surface area (Å²) in [6.45, 7) is 0. The van der Waals surface area contributed by atoms with Gasteiger partial charge in [-0.05, 0) is 6.07 Å². The minimum absolute atomic E-state index is 0.732. The van der Waals surface area contributed by atoms with Gasteiger partial charge in [0.1, 0.15) is 0 Å². The number of hydrogen-bond acceptors (Lipinski definition) is 4. The molecule has 11 rings (SSSR count). The molecule has 0 unspecified atom stereocenters. The van der Waals surface area contributed by atoms with Gasteiger partial charge in [0.05, 0.1) is 0 Å². The molecule has 306 valence electrons. The van der Waals surface area contributed by atoms with E-state index in [1.54, 1.807) is 6.20 Å². The van der Waals surface area contributed by atoms with Crippen molar-refractivity contribution in [3.63, 3.8) is 0 Å². The standard InChI is InChI=1S/C55H40N6O.Pt/c1-58(2)52-34-54(57-36-48(52)40-20-15-31-56-35-40)61-49-26-10-9-23-46(49)47-30-29-43(33-53(47)61)62-42-22-13-21-41(32-42)59-37-60(51-28-12-11-27-50(51)59)55-44(38-16-5-3-6-17-38)24-14-25-45(55)39-18-7-4-8-19-39;/h3-36H,1-2H3;. The molecule has 7 nitrogen and oxygen atoms in total. The predicted octanol–water partition coefficient (Wildman–Crippen LogP) is 13.2. The van der Waals surface area contributed by atoms with Gasteiger partial charge in [-0.15, -0.1) is 0 Å². The Kier molecular flexibility index (Phi) is 9.75. The molecule has 0 fully saturated rings. The summed E-state index contributed by atoms with van der Waals surface area (Å²) >= 11 is 2.49. The van der Waals surface area contributed by atoms with Crippen molar-refractivity contribution in [3.8, 4) is 62.1 Å². The van der Waals surface area contributed by atoms with E-state index >= 15 is 0 Å². The molecule has 0 aliphatic rings. The van der Waals surface area contributed by atoms with Crippen LogP contribution in [-0.2, 0) is 19.4 Å². The van der Waals surface area contributed by atoms with Gasteiger partial charge in [-0.3, -0.25) is 4.98 Å². The molecule has 63 heavy (non-hydrogen) atoms. The van der Waals surface area contributed by atoms with Crippen LogP contribution in [0.15, 0.2) is 207 Å². The van der Waals surface area contributed by atoms with E-state index in [4.69, 9.17) is 9.72 Å². The van der Waals surface area contributed by atoms with Crippen molar-refractivity contribution in [2.24, 2.45) is 0 Å². The van der Waals surface area contributed by atoms with Crippen LogP contribution in [-0.4, -0.2) is 37.8 Å². The number of pyridine rings is 2. The van der Waals surface area contributed by atoms with Crippen LogP contribution in [0.4, 0.5) is 5.69 Å². The maximum atomic E-state index is 6.80. The number of hydrogen-bond donors (Lipinski definition) is 0. The molecule has 8 heteroatoms. The third-order valence-corrected chi connectivity index (χ3v) is 12.7. The molecular weight excluding hydrogens is 956 g/mol. The maximum absolute atomic E-state index is 6.80. The first kappa shape index (κ1) is 38.3. The van der Waals surface area contributed by atoms with E-state index in [-0.39, 0.29) is 0 Å². The van der Waals surface area contributed by atoms with Crippen molar-refractivity contribution in [3.05, 3.63) is 210 Å². The molecule has 0 amide bonds. The molecule has 4 aromatic heterocycles. The number of benzene rings is 7. The van der Waals surface area contributed by atoms with Gasteiger partial charge in [0.25, 0.3) is 0 Å². The monoisotopic (exact) mass is 995 g/mol. The van der Waals surface area contributed by atoms with Gasteiger partial charge in [0.15, 0.2) is 0 Å². The van der Waals surface area contributed by atoms with Crippen molar-refractivity contribution in [2.75, 3.05) is 19.0 Å². The van der Waals surface area contributed by atoms with Crippen LogP contribution in [0.2, 0.25) is 0 Å². The number of aromatic nitrogens is 5. The second kappa shape index (κ2) is 16.0. The Balaban J connectivity index is 1.03. The zero-order valence-corrected chi connectivity index (χ0v) is 36.8. The zero-order valence-electron chi connectivity index (χ0n) is 34.5. The second-order valence-corrected chi connectivity index (χ2v) is 16.7. The van der Waals surface area contributed by atoms with Gasteiger partial charge in [-0.25, -0.2) is 0 Å². The van der Waals surface area contributed by atoms with Crippen LogP contribution >= 0.6 is 0 Å². The molecule has 0 atom stereocenters. The summed E-state index contributed by atoms with van der Waals surface area (Å²) in [4.78, 5) is 11.6. The summed E-state index contributed by atoms with van der Waals surface area (Å²) in [6.07, 6.45) is 5.63. The van der Waals surface area contributed by atoms with Crippen LogP contribution in [0.3, 0.4) is 0 Å². The second-order valence-electron chi connectivity index (χ2n) is 15.7. The summed E-state index contributed by atoms with van der Waals surface area (Å²) in [5.74, 6) is 2.29. The normalized spacial score (nSPS) is 11.4. The molecule has 11 aromatic rings. The Morgan fingerprint density at radius 2 is 1.10 bits per heavy atom. The number of ether oxygens (including phenoxy) is 1. The first-order chi connectivity index (χ1) is 31.0. The molecule has 4 heterocycles. The van der Waals surface area contributed by atoms with Crippen LogP contribution < -0.4 is 9.64 Å². The Morgan fingerprint density at radius 1 is 0.476 bits per heavy atom. The molecule has 0 aliphatic heterocycles. The molecule has 0 N–H and O–H groups in total. The zero-order chi connectivity index (χ0) is 42.4. The Morgan fingerprint density at radius 3 is 1.79 bits per heavy atom. The fraction of sp³-hybridized carbons (Fsp3) is 0.0364. The molecule has 0 aliphatic carbocycles. The Bertz CT molecular complexity index is 3480. The summed E-state index contributed by atoms with van der Waals surface area (Å²) in [5, 5.41) is 2.28. The van der Waals surface area contributed by atoms with Gasteiger partial charge in [-0.2, -0.15) is 0 Å². The van der Waals surface area contributed by atoms with E-state index in [2.05, 4.69) is 233 Å². The number of fused-ring (bicyclic) bond motifs is 4. The van der Waals surface area contributed by atoms with Crippen molar-refractivity contribution in [1.29, 1.82) is 0 Å². The quantitative estimate of drug-likeness (QED) is 0.145. The third kappa shape index (κ3) is 6.78. The fourth-order valence-electron chi connectivity index (χ4n) is 8.81. The molecule has 0 saturated heterocycles. The van der Waals surface area contributed by atoms with E-state index in [1.165, 1.54) is 0 Å². The summed E-state index contributed by atoms with van der Waals surface area (Å²) in [7, 11) is 4.13. The molecule has 0 bridgehead atoms. The van der Waals surface area contributed by atoms with Gasteiger partial charge in [0, 0.05) is 49.5 Å². The first-order valence-electron chi connectivity index (χ1n) is 20.8. The SMILES string of the molecule is CN(C)c1cc(-n2c3ccccc3c3ccc(Oc4cccc(-n5[c](=[Pt])n(-c6c(-c7ccccc7)cccc6-c6ccccc6)c6ccccc65)c4)cc32)ncc1-c1cccnc1. The molecule has 7 aromatic carbocycles. The van der Waals surface area contributed by atoms with E-state index in [1.807, 2.05) is 24.5 Å². The summed E-state index contributed by atoms with van der Waals surface area (Å²) in [6, 6.07) is 66.0. The van der Waals surface area contributed by atoms with Crippen LogP contribution in [0, 0.1) is 3.80 Å². The van der Waals surface area contributed by atoms with Crippen molar-refractivity contribution < 1.29 is 24.1 Å². The van der Waals surface area contributed by atoms with Crippen LogP contribution in [0.1, 0.15) is 0 Å². The smallest absolute Gasteiger partial charge is 0.264 e. The average Bonchev–Trinajstić information content (AvgIpc) is 3.82. The minimum Gasteiger partial charge on any atom is -0.264 e. The molecular formula is C55H40N6OPt. The first-order valence-corrected chi connectivity index (χ1v) is 22.0. The number of nitrogens with zero attached hydrogens (tertiary/aromatic N) is 6. The molecule has 0 saturated carbocycles. The molecule has 0 spiro atoms. The number of anilines is 1. The summed E-state index contributed by atoms with van der Waals surface area (Å²) in [5.41, 5.74) is 14.1. The topological polar surface area (TPSA) is 53.0 Å². The van der Waals surface area contributed by atoms with Crippen molar-refractivity contribution in [1.82, 2.24) is 23.7 Å². The van der Waals surface area contributed by atoms with E-state index in [0.29, 0.717) is 0 Å². The summed E-state index contributed by atoms with van der Waals surface area (Å²) < 4.78 is 14.8. The Hall–Kier alpha value is -7.60. The Labute approximate surface area is 375 Å². The van der Waals surface area contributed by atoms with Gasteiger partial charge < -0.3 is 4.90 Å². The third-order valence-electron chi connectivity index (χ3n) is 11.6. The van der Waals surface area contributed by atoms with E-state index < -0.39 is 0 Å².